The first kappa shape index (κ1) is 14.1. The lowest BCUT2D eigenvalue weighted by Crippen LogP contribution is -2.20. The quantitative estimate of drug-likeness (QED) is 0.885. The molecule has 0 aromatic heterocycles. The van der Waals surface area contributed by atoms with Crippen LogP contribution in [0.5, 0.6) is 0 Å². The van der Waals surface area contributed by atoms with Gasteiger partial charge in [-0.2, -0.15) is 0 Å². The van der Waals surface area contributed by atoms with E-state index in [1.165, 1.54) is 31.5 Å². The molecule has 1 fully saturated rings. The van der Waals surface area contributed by atoms with E-state index >= 15 is 0 Å². The summed E-state index contributed by atoms with van der Waals surface area (Å²) in [5, 5.41) is 8.98. The van der Waals surface area contributed by atoms with Crippen LogP contribution >= 0.6 is 0 Å². The molecule has 0 amide bonds. The first-order valence-electron chi connectivity index (χ1n) is 7.14. The van der Waals surface area contributed by atoms with Crippen LogP contribution in [0.2, 0.25) is 0 Å². The van der Waals surface area contributed by atoms with E-state index in [0.29, 0.717) is 0 Å². The van der Waals surface area contributed by atoms with Gasteiger partial charge in [-0.3, -0.25) is 9.69 Å². The van der Waals surface area contributed by atoms with Crippen LogP contribution in [0.4, 0.5) is 0 Å². The Morgan fingerprint density at radius 1 is 1.42 bits per heavy atom. The minimum Gasteiger partial charge on any atom is -0.481 e. The highest BCUT2D eigenvalue weighted by molar-refractivity contribution is 5.75. The Hall–Kier alpha value is -1.35. The Labute approximate surface area is 115 Å². The van der Waals surface area contributed by atoms with Gasteiger partial charge in [-0.15, -0.1) is 0 Å². The normalized spacial score (nSPS) is 21.5. The molecular formula is C16H23NO2. The highest BCUT2D eigenvalue weighted by Gasteiger charge is 2.20. The summed E-state index contributed by atoms with van der Waals surface area (Å²) in [7, 11) is 0. The van der Waals surface area contributed by atoms with Crippen LogP contribution in [0.1, 0.15) is 43.7 Å². The molecule has 2 unspecified atom stereocenters. The van der Waals surface area contributed by atoms with Crippen molar-refractivity contribution in [3.8, 4) is 0 Å². The molecule has 1 heterocycles. The lowest BCUT2D eigenvalue weighted by atomic mass is 10.00. The number of aliphatic carboxylic acids is 1. The SMILES string of the molecule is CCC1CCN(Cc2ccc(C(C)C(=O)O)cc2)C1. The van der Waals surface area contributed by atoms with E-state index in [-0.39, 0.29) is 0 Å². The molecule has 2 rings (SSSR count). The fourth-order valence-electron chi connectivity index (χ4n) is 2.70. The maximum atomic E-state index is 10.9. The van der Waals surface area contributed by atoms with Gasteiger partial charge in [0.25, 0.3) is 0 Å². The van der Waals surface area contributed by atoms with Crippen molar-refractivity contribution in [3.63, 3.8) is 0 Å². The number of likely N-dealkylation sites (tertiary alicyclic amines) is 1. The molecule has 1 aliphatic rings. The number of hydrogen-bond acceptors (Lipinski definition) is 2. The Balaban J connectivity index is 1.94. The van der Waals surface area contributed by atoms with Gasteiger partial charge < -0.3 is 5.11 Å². The molecule has 0 radical (unpaired) electrons. The van der Waals surface area contributed by atoms with Crippen molar-refractivity contribution in [2.24, 2.45) is 5.92 Å². The maximum absolute atomic E-state index is 10.9. The molecule has 1 aromatic carbocycles. The van der Waals surface area contributed by atoms with Crippen molar-refractivity contribution in [1.29, 1.82) is 0 Å². The molecule has 1 N–H and O–H groups in total. The number of carboxylic acids is 1. The fourth-order valence-corrected chi connectivity index (χ4v) is 2.70. The van der Waals surface area contributed by atoms with Gasteiger partial charge in [0, 0.05) is 13.1 Å². The van der Waals surface area contributed by atoms with Crippen molar-refractivity contribution >= 4 is 5.97 Å². The van der Waals surface area contributed by atoms with E-state index < -0.39 is 11.9 Å². The van der Waals surface area contributed by atoms with Crippen molar-refractivity contribution in [2.45, 2.75) is 39.2 Å². The predicted molar refractivity (Wildman–Crippen MR) is 76.2 cm³/mol. The van der Waals surface area contributed by atoms with E-state index in [1.54, 1.807) is 6.92 Å². The first-order valence-corrected chi connectivity index (χ1v) is 7.14. The fraction of sp³-hybridized carbons (Fsp3) is 0.562. The average molecular weight is 261 g/mol. The van der Waals surface area contributed by atoms with Crippen LogP contribution in [0, 0.1) is 5.92 Å². The summed E-state index contributed by atoms with van der Waals surface area (Å²) in [6.07, 6.45) is 2.58. The van der Waals surface area contributed by atoms with Crippen molar-refractivity contribution < 1.29 is 9.90 Å². The molecule has 1 aromatic rings. The molecule has 0 saturated carbocycles. The van der Waals surface area contributed by atoms with Gasteiger partial charge in [-0.1, -0.05) is 37.6 Å². The van der Waals surface area contributed by atoms with Crippen LogP contribution in [-0.2, 0) is 11.3 Å². The van der Waals surface area contributed by atoms with Crippen LogP contribution in [0.15, 0.2) is 24.3 Å². The summed E-state index contributed by atoms with van der Waals surface area (Å²) < 4.78 is 0. The molecular weight excluding hydrogens is 238 g/mol. The molecule has 3 heteroatoms. The first-order chi connectivity index (χ1) is 9.10. The second kappa shape index (κ2) is 6.20. The second-order valence-corrected chi connectivity index (χ2v) is 5.60. The molecule has 19 heavy (non-hydrogen) atoms. The zero-order chi connectivity index (χ0) is 13.8. The van der Waals surface area contributed by atoms with E-state index in [4.69, 9.17) is 5.11 Å². The van der Waals surface area contributed by atoms with Gasteiger partial charge in [-0.05, 0) is 36.9 Å². The summed E-state index contributed by atoms with van der Waals surface area (Å²) >= 11 is 0. The zero-order valence-corrected chi connectivity index (χ0v) is 11.8. The smallest absolute Gasteiger partial charge is 0.310 e. The van der Waals surface area contributed by atoms with Crippen LogP contribution in [0.25, 0.3) is 0 Å². The summed E-state index contributed by atoms with van der Waals surface area (Å²) in [6.45, 7) is 7.35. The number of carboxylic acid groups (broad SMARTS) is 1. The van der Waals surface area contributed by atoms with Gasteiger partial charge >= 0.3 is 5.97 Å². The molecule has 0 bridgehead atoms. The van der Waals surface area contributed by atoms with E-state index in [2.05, 4.69) is 24.0 Å². The number of nitrogens with zero attached hydrogens (tertiary/aromatic N) is 1. The third-order valence-corrected chi connectivity index (χ3v) is 4.20. The van der Waals surface area contributed by atoms with Crippen LogP contribution < -0.4 is 0 Å². The van der Waals surface area contributed by atoms with Crippen molar-refractivity contribution in [3.05, 3.63) is 35.4 Å². The number of hydrogen-bond donors (Lipinski definition) is 1. The van der Waals surface area contributed by atoms with Crippen molar-refractivity contribution in [2.75, 3.05) is 13.1 Å². The Kier molecular flexibility index (Phi) is 4.59. The molecule has 3 nitrogen and oxygen atoms in total. The summed E-state index contributed by atoms with van der Waals surface area (Å²) in [5.41, 5.74) is 2.15. The summed E-state index contributed by atoms with van der Waals surface area (Å²) in [5.74, 6) is -0.338. The highest BCUT2D eigenvalue weighted by Crippen LogP contribution is 2.22. The van der Waals surface area contributed by atoms with Crippen molar-refractivity contribution in [1.82, 2.24) is 4.90 Å². The largest absolute Gasteiger partial charge is 0.481 e. The molecule has 1 aliphatic heterocycles. The Bertz CT molecular complexity index is 427. The standard InChI is InChI=1S/C16H23NO2/c1-3-13-8-9-17(10-13)11-14-4-6-15(7-5-14)12(2)16(18)19/h4-7,12-13H,3,8-11H2,1-2H3,(H,18,19). The highest BCUT2D eigenvalue weighted by atomic mass is 16.4. The molecule has 104 valence electrons. The van der Waals surface area contributed by atoms with E-state index in [9.17, 15) is 4.79 Å². The van der Waals surface area contributed by atoms with E-state index in [0.717, 1.165) is 18.0 Å². The maximum Gasteiger partial charge on any atom is 0.310 e. The summed E-state index contributed by atoms with van der Waals surface area (Å²) in [6, 6.07) is 8.02. The van der Waals surface area contributed by atoms with Gasteiger partial charge in [0.2, 0.25) is 0 Å². The molecule has 1 saturated heterocycles. The lowest BCUT2D eigenvalue weighted by molar-refractivity contribution is -0.138. The van der Waals surface area contributed by atoms with Gasteiger partial charge in [0.15, 0.2) is 0 Å². The minimum absolute atomic E-state index is 0.426. The summed E-state index contributed by atoms with van der Waals surface area (Å²) in [4.78, 5) is 13.4. The number of benzene rings is 1. The van der Waals surface area contributed by atoms with Crippen LogP contribution in [-0.4, -0.2) is 29.1 Å². The molecule has 0 aliphatic carbocycles. The lowest BCUT2D eigenvalue weighted by Gasteiger charge is -2.16. The minimum atomic E-state index is -0.766. The third kappa shape index (κ3) is 3.57. The van der Waals surface area contributed by atoms with E-state index in [1.807, 2.05) is 12.1 Å². The van der Waals surface area contributed by atoms with Crippen LogP contribution in [0.3, 0.4) is 0 Å². The average Bonchev–Trinajstić information content (AvgIpc) is 2.86. The predicted octanol–water partition coefficient (Wildman–Crippen LogP) is 3.11. The third-order valence-electron chi connectivity index (χ3n) is 4.20. The molecule has 2 atom stereocenters. The number of rotatable bonds is 5. The van der Waals surface area contributed by atoms with Gasteiger partial charge in [0.1, 0.15) is 0 Å². The topological polar surface area (TPSA) is 40.5 Å². The Morgan fingerprint density at radius 2 is 2.11 bits per heavy atom. The second-order valence-electron chi connectivity index (χ2n) is 5.60. The van der Waals surface area contributed by atoms with Gasteiger partial charge in [0.05, 0.1) is 5.92 Å². The Morgan fingerprint density at radius 3 is 2.63 bits per heavy atom. The zero-order valence-electron chi connectivity index (χ0n) is 11.8. The monoisotopic (exact) mass is 261 g/mol. The molecule has 0 spiro atoms. The number of carbonyl (C=O) groups is 1. The van der Waals surface area contributed by atoms with Gasteiger partial charge in [-0.25, -0.2) is 0 Å².